The standard InChI is InChI=1S/C14H18BrNO4/c1-14(7-4-3-5-9(14)13(18)19-2)16-12(17)11-10(15)6-8-20-11/h6,8-9H,3-5,7H2,1-2H3,(H,16,17)/t9-,14+/m1/s1. The van der Waals surface area contributed by atoms with Crippen molar-refractivity contribution in [2.45, 2.75) is 38.1 Å². The summed E-state index contributed by atoms with van der Waals surface area (Å²) in [5, 5.41) is 2.94. The number of carbonyl (C=O) groups is 2. The maximum atomic E-state index is 12.3. The van der Waals surface area contributed by atoms with Crippen molar-refractivity contribution in [1.82, 2.24) is 5.32 Å². The van der Waals surface area contributed by atoms with E-state index in [4.69, 9.17) is 9.15 Å². The molecule has 1 fully saturated rings. The molecule has 110 valence electrons. The van der Waals surface area contributed by atoms with Crippen LogP contribution < -0.4 is 5.32 Å². The molecule has 6 heteroatoms. The van der Waals surface area contributed by atoms with E-state index in [-0.39, 0.29) is 23.6 Å². The van der Waals surface area contributed by atoms with Gasteiger partial charge < -0.3 is 14.5 Å². The second-order valence-electron chi connectivity index (χ2n) is 5.29. The van der Waals surface area contributed by atoms with Crippen molar-refractivity contribution in [3.05, 3.63) is 22.6 Å². The van der Waals surface area contributed by atoms with E-state index < -0.39 is 5.54 Å². The molecule has 0 saturated heterocycles. The van der Waals surface area contributed by atoms with Gasteiger partial charge in [-0.15, -0.1) is 0 Å². The first kappa shape index (κ1) is 15.1. The Kier molecular flexibility index (Phi) is 4.52. The van der Waals surface area contributed by atoms with Gasteiger partial charge in [0.15, 0.2) is 0 Å². The van der Waals surface area contributed by atoms with Gasteiger partial charge in [-0.25, -0.2) is 0 Å². The lowest BCUT2D eigenvalue weighted by molar-refractivity contribution is -0.149. The molecular weight excluding hydrogens is 326 g/mol. The van der Waals surface area contributed by atoms with Crippen LogP contribution in [-0.2, 0) is 9.53 Å². The lowest BCUT2D eigenvalue weighted by Gasteiger charge is -2.40. The Morgan fingerprint density at radius 3 is 2.85 bits per heavy atom. The van der Waals surface area contributed by atoms with Crippen molar-refractivity contribution in [3.63, 3.8) is 0 Å². The van der Waals surface area contributed by atoms with Crippen molar-refractivity contribution in [2.75, 3.05) is 7.11 Å². The van der Waals surface area contributed by atoms with Crippen LogP contribution in [-0.4, -0.2) is 24.5 Å². The van der Waals surface area contributed by atoms with Gasteiger partial charge in [0.05, 0.1) is 29.3 Å². The molecule has 1 saturated carbocycles. The van der Waals surface area contributed by atoms with Crippen molar-refractivity contribution < 1.29 is 18.7 Å². The van der Waals surface area contributed by atoms with Crippen molar-refractivity contribution >= 4 is 27.8 Å². The van der Waals surface area contributed by atoms with Crippen LogP contribution in [0.4, 0.5) is 0 Å². The monoisotopic (exact) mass is 343 g/mol. The van der Waals surface area contributed by atoms with E-state index in [0.717, 1.165) is 25.7 Å². The lowest BCUT2D eigenvalue weighted by Crippen LogP contribution is -2.55. The van der Waals surface area contributed by atoms with Gasteiger partial charge in [-0.1, -0.05) is 12.8 Å². The molecule has 2 atom stereocenters. The van der Waals surface area contributed by atoms with Crippen LogP contribution in [0.3, 0.4) is 0 Å². The summed E-state index contributed by atoms with van der Waals surface area (Å²) in [6.45, 7) is 1.89. The summed E-state index contributed by atoms with van der Waals surface area (Å²) < 4.78 is 10.6. The zero-order valence-corrected chi connectivity index (χ0v) is 13.2. The number of methoxy groups -OCH3 is 1. The predicted octanol–water partition coefficient (Wildman–Crippen LogP) is 2.89. The average molecular weight is 344 g/mol. The first-order valence-corrected chi connectivity index (χ1v) is 7.40. The Balaban J connectivity index is 2.18. The van der Waals surface area contributed by atoms with Gasteiger partial charge in [-0.3, -0.25) is 9.59 Å². The van der Waals surface area contributed by atoms with Gasteiger partial charge in [0.1, 0.15) is 0 Å². The topological polar surface area (TPSA) is 68.5 Å². The normalized spacial score (nSPS) is 26.1. The number of amides is 1. The highest BCUT2D eigenvalue weighted by Crippen LogP contribution is 2.35. The van der Waals surface area contributed by atoms with Gasteiger partial charge in [-0.2, -0.15) is 0 Å². The van der Waals surface area contributed by atoms with Crippen LogP contribution in [0.1, 0.15) is 43.2 Å². The van der Waals surface area contributed by atoms with E-state index in [1.807, 2.05) is 6.92 Å². The molecule has 0 spiro atoms. The van der Waals surface area contributed by atoms with Crippen molar-refractivity contribution in [3.8, 4) is 0 Å². The molecule has 1 aromatic rings. The number of furan rings is 1. The number of nitrogens with one attached hydrogen (secondary N) is 1. The van der Waals surface area contributed by atoms with Crippen molar-refractivity contribution in [1.29, 1.82) is 0 Å². The minimum Gasteiger partial charge on any atom is -0.469 e. The van der Waals surface area contributed by atoms with E-state index in [0.29, 0.717) is 4.47 Å². The number of ether oxygens (including phenoxy) is 1. The van der Waals surface area contributed by atoms with Gasteiger partial charge in [-0.05, 0) is 41.8 Å². The molecule has 0 unspecified atom stereocenters. The zero-order valence-electron chi connectivity index (χ0n) is 11.6. The van der Waals surface area contributed by atoms with E-state index in [1.165, 1.54) is 13.4 Å². The molecule has 1 aromatic heterocycles. The van der Waals surface area contributed by atoms with Gasteiger partial charge in [0.25, 0.3) is 5.91 Å². The molecule has 0 aliphatic heterocycles. The highest BCUT2D eigenvalue weighted by Gasteiger charge is 2.43. The smallest absolute Gasteiger partial charge is 0.311 e. The SMILES string of the molecule is COC(=O)[C@H]1CCCC[C@]1(C)NC(=O)c1occc1Br. The number of rotatable bonds is 3. The Bertz CT molecular complexity index is 513. The number of halogens is 1. The molecule has 1 N–H and O–H groups in total. The molecule has 2 rings (SSSR count). The highest BCUT2D eigenvalue weighted by molar-refractivity contribution is 9.10. The summed E-state index contributed by atoms with van der Waals surface area (Å²) in [5.41, 5.74) is -0.603. The Labute approximate surface area is 126 Å². The molecule has 5 nitrogen and oxygen atoms in total. The summed E-state index contributed by atoms with van der Waals surface area (Å²) in [6.07, 6.45) is 4.86. The lowest BCUT2D eigenvalue weighted by atomic mass is 9.74. The zero-order chi connectivity index (χ0) is 14.8. The van der Waals surface area contributed by atoms with E-state index in [9.17, 15) is 9.59 Å². The van der Waals surface area contributed by atoms with Crippen LogP contribution in [0.5, 0.6) is 0 Å². The fourth-order valence-electron chi connectivity index (χ4n) is 2.78. The molecule has 20 heavy (non-hydrogen) atoms. The van der Waals surface area contributed by atoms with Crippen LogP contribution in [0, 0.1) is 5.92 Å². The molecule has 1 aliphatic rings. The second kappa shape index (κ2) is 5.99. The minimum atomic E-state index is -0.603. The summed E-state index contributed by atoms with van der Waals surface area (Å²) in [5.74, 6) is -0.689. The maximum absolute atomic E-state index is 12.3. The maximum Gasteiger partial charge on any atom is 0.311 e. The summed E-state index contributed by atoms with van der Waals surface area (Å²) in [7, 11) is 1.38. The first-order valence-electron chi connectivity index (χ1n) is 6.61. The third-order valence-corrected chi connectivity index (χ3v) is 4.54. The first-order chi connectivity index (χ1) is 9.48. The highest BCUT2D eigenvalue weighted by atomic mass is 79.9. The molecule has 0 bridgehead atoms. The molecule has 1 aliphatic carbocycles. The molecular formula is C14H18BrNO4. The van der Waals surface area contributed by atoms with Crippen LogP contribution >= 0.6 is 15.9 Å². The largest absolute Gasteiger partial charge is 0.469 e. The van der Waals surface area contributed by atoms with Gasteiger partial charge in [0.2, 0.25) is 5.76 Å². The molecule has 0 radical (unpaired) electrons. The third kappa shape index (κ3) is 2.90. The fraction of sp³-hybridized carbons (Fsp3) is 0.571. The number of hydrogen-bond donors (Lipinski definition) is 1. The molecule has 0 aromatic carbocycles. The molecule has 1 amide bonds. The summed E-state index contributed by atoms with van der Waals surface area (Å²) >= 11 is 3.26. The third-order valence-electron chi connectivity index (χ3n) is 3.92. The van der Waals surface area contributed by atoms with Crippen LogP contribution in [0.2, 0.25) is 0 Å². The fourth-order valence-corrected chi connectivity index (χ4v) is 3.16. The van der Waals surface area contributed by atoms with E-state index in [2.05, 4.69) is 21.2 Å². The Hall–Kier alpha value is -1.30. The summed E-state index contributed by atoms with van der Waals surface area (Å²) in [4.78, 5) is 24.2. The van der Waals surface area contributed by atoms with Crippen LogP contribution in [0.15, 0.2) is 21.2 Å². The predicted molar refractivity (Wildman–Crippen MR) is 76.3 cm³/mol. The average Bonchev–Trinajstić information content (AvgIpc) is 2.84. The van der Waals surface area contributed by atoms with Gasteiger partial charge >= 0.3 is 5.97 Å². The molecule has 1 heterocycles. The minimum absolute atomic E-state index is 0.223. The number of esters is 1. The quantitative estimate of drug-likeness (QED) is 0.856. The summed E-state index contributed by atoms with van der Waals surface area (Å²) in [6, 6.07) is 1.66. The Morgan fingerprint density at radius 2 is 2.25 bits per heavy atom. The second-order valence-corrected chi connectivity index (χ2v) is 6.15. The Morgan fingerprint density at radius 1 is 1.50 bits per heavy atom. The van der Waals surface area contributed by atoms with Crippen molar-refractivity contribution in [2.24, 2.45) is 5.92 Å². The van der Waals surface area contributed by atoms with E-state index in [1.54, 1.807) is 6.07 Å². The number of carbonyl (C=O) groups excluding carboxylic acids is 2. The van der Waals surface area contributed by atoms with Crippen LogP contribution in [0.25, 0.3) is 0 Å². The number of hydrogen-bond acceptors (Lipinski definition) is 4. The van der Waals surface area contributed by atoms with E-state index >= 15 is 0 Å². The van der Waals surface area contributed by atoms with Gasteiger partial charge in [0, 0.05) is 0 Å².